The van der Waals surface area contributed by atoms with Crippen molar-refractivity contribution in [2.24, 2.45) is 5.73 Å². The first kappa shape index (κ1) is 9.98. The molecule has 78 valence electrons. The molecular formula is C10H9ClN2O2. The summed E-state index contributed by atoms with van der Waals surface area (Å²) in [6.07, 6.45) is 0.518. The smallest absolute Gasteiger partial charge is 0.341 e. The van der Waals surface area contributed by atoms with E-state index in [2.05, 4.69) is 9.72 Å². The molecule has 1 aliphatic carbocycles. The largest absolute Gasteiger partial charge is 0.465 e. The van der Waals surface area contributed by atoms with Crippen molar-refractivity contribution in [1.82, 2.24) is 4.98 Å². The molecule has 0 atom stereocenters. The number of methoxy groups -OCH3 is 1. The molecular weight excluding hydrogens is 216 g/mol. The van der Waals surface area contributed by atoms with Crippen molar-refractivity contribution in [2.75, 3.05) is 7.11 Å². The van der Waals surface area contributed by atoms with Gasteiger partial charge in [-0.05, 0) is 11.6 Å². The quantitative estimate of drug-likeness (QED) is 0.574. The maximum atomic E-state index is 11.5. The van der Waals surface area contributed by atoms with E-state index in [1.165, 1.54) is 7.11 Å². The van der Waals surface area contributed by atoms with Crippen LogP contribution in [0, 0.1) is 0 Å². The van der Waals surface area contributed by atoms with Crippen LogP contribution in [0.15, 0.2) is 17.8 Å². The summed E-state index contributed by atoms with van der Waals surface area (Å²) in [6.45, 7) is 0. The van der Waals surface area contributed by atoms with E-state index in [9.17, 15) is 4.79 Å². The Morgan fingerprint density at radius 2 is 2.33 bits per heavy atom. The summed E-state index contributed by atoms with van der Waals surface area (Å²) >= 11 is 5.76. The van der Waals surface area contributed by atoms with Gasteiger partial charge in [0.15, 0.2) is 0 Å². The maximum absolute atomic E-state index is 11.5. The van der Waals surface area contributed by atoms with Gasteiger partial charge in [0, 0.05) is 12.1 Å². The van der Waals surface area contributed by atoms with Crippen molar-refractivity contribution in [3.8, 4) is 0 Å². The van der Waals surface area contributed by atoms with E-state index < -0.39 is 5.97 Å². The van der Waals surface area contributed by atoms with Gasteiger partial charge in [0.2, 0.25) is 0 Å². The Balaban J connectivity index is 2.54. The molecule has 0 aromatic carbocycles. The van der Waals surface area contributed by atoms with Crippen LogP contribution in [0.3, 0.4) is 0 Å². The number of pyridine rings is 1. The van der Waals surface area contributed by atoms with Crippen molar-refractivity contribution in [3.63, 3.8) is 0 Å². The molecule has 5 heteroatoms. The van der Waals surface area contributed by atoms with E-state index in [-0.39, 0.29) is 0 Å². The molecule has 0 aliphatic heterocycles. The molecule has 0 radical (unpaired) electrons. The predicted octanol–water partition coefficient (Wildman–Crippen LogP) is 1.13. The van der Waals surface area contributed by atoms with Crippen LogP contribution in [-0.2, 0) is 16.0 Å². The zero-order valence-electron chi connectivity index (χ0n) is 8.08. The van der Waals surface area contributed by atoms with E-state index >= 15 is 0 Å². The summed E-state index contributed by atoms with van der Waals surface area (Å²) < 4.78 is 4.64. The second-order valence-electron chi connectivity index (χ2n) is 3.21. The SMILES string of the molecule is COC(=O)C1=C(N)Cc2ccc(Cl)nc21. The molecule has 0 bridgehead atoms. The third-order valence-electron chi connectivity index (χ3n) is 2.27. The first-order valence-corrected chi connectivity index (χ1v) is 4.74. The summed E-state index contributed by atoms with van der Waals surface area (Å²) in [5, 5.41) is 0.338. The Morgan fingerprint density at radius 1 is 1.60 bits per heavy atom. The number of carbonyl (C=O) groups excluding carboxylic acids is 1. The van der Waals surface area contributed by atoms with Gasteiger partial charge in [0.05, 0.1) is 12.8 Å². The number of rotatable bonds is 1. The first-order chi connectivity index (χ1) is 7.13. The maximum Gasteiger partial charge on any atom is 0.341 e. The van der Waals surface area contributed by atoms with Crippen molar-refractivity contribution >= 4 is 23.1 Å². The van der Waals surface area contributed by atoms with Gasteiger partial charge in [0.1, 0.15) is 10.7 Å². The number of esters is 1. The van der Waals surface area contributed by atoms with Crippen LogP contribution in [-0.4, -0.2) is 18.1 Å². The fraction of sp³-hybridized carbons (Fsp3) is 0.200. The Bertz CT molecular complexity index is 468. The molecule has 4 nitrogen and oxygen atoms in total. The van der Waals surface area contributed by atoms with Gasteiger partial charge >= 0.3 is 5.97 Å². The lowest BCUT2D eigenvalue weighted by molar-refractivity contribution is -0.133. The van der Waals surface area contributed by atoms with Crippen molar-refractivity contribution in [1.29, 1.82) is 0 Å². The number of carbonyl (C=O) groups is 1. The van der Waals surface area contributed by atoms with Crippen LogP contribution >= 0.6 is 11.6 Å². The fourth-order valence-corrected chi connectivity index (χ4v) is 1.75. The normalized spacial score (nSPS) is 14.0. The van der Waals surface area contributed by atoms with E-state index in [1.807, 2.05) is 6.07 Å². The molecule has 0 unspecified atom stereocenters. The molecule has 2 rings (SSSR count). The topological polar surface area (TPSA) is 65.2 Å². The van der Waals surface area contributed by atoms with Gasteiger partial charge in [-0.2, -0.15) is 0 Å². The highest BCUT2D eigenvalue weighted by Crippen LogP contribution is 2.30. The zero-order chi connectivity index (χ0) is 11.0. The van der Waals surface area contributed by atoms with Crippen LogP contribution in [0.5, 0.6) is 0 Å². The van der Waals surface area contributed by atoms with E-state index in [0.29, 0.717) is 28.5 Å². The fourth-order valence-electron chi connectivity index (χ4n) is 1.60. The summed E-state index contributed by atoms with van der Waals surface area (Å²) in [7, 11) is 1.31. The molecule has 1 heterocycles. The highest BCUT2D eigenvalue weighted by atomic mass is 35.5. The molecule has 1 aromatic heterocycles. The van der Waals surface area contributed by atoms with Gasteiger partial charge in [-0.25, -0.2) is 9.78 Å². The number of hydrogen-bond donors (Lipinski definition) is 1. The molecule has 0 saturated heterocycles. The minimum absolute atomic E-state index is 0.329. The number of aromatic nitrogens is 1. The molecule has 2 N–H and O–H groups in total. The second-order valence-corrected chi connectivity index (χ2v) is 3.60. The van der Waals surface area contributed by atoms with Crippen molar-refractivity contribution < 1.29 is 9.53 Å². The van der Waals surface area contributed by atoms with E-state index in [0.717, 1.165) is 5.56 Å². The number of nitrogens with zero attached hydrogens (tertiary/aromatic N) is 1. The van der Waals surface area contributed by atoms with Gasteiger partial charge in [0.25, 0.3) is 0 Å². The molecule has 1 aromatic rings. The molecule has 0 saturated carbocycles. The lowest BCUT2D eigenvalue weighted by Crippen LogP contribution is -2.08. The molecule has 0 fully saturated rings. The summed E-state index contributed by atoms with van der Waals surface area (Å²) in [4.78, 5) is 15.5. The van der Waals surface area contributed by atoms with Crippen molar-refractivity contribution in [3.05, 3.63) is 34.2 Å². The Hall–Kier alpha value is -1.55. The van der Waals surface area contributed by atoms with Crippen LogP contribution in [0.1, 0.15) is 11.3 Å². The number of nitrogens with two attached hydrogens (primary N) is 1. The van der Waals surface area contributed by atoms with Crippen LogP contribution < -0.4 is 5.73 Å². The summed E-state index contributed by atoms with van der Waals surface area (Å²) in [5.74, 6) is -0.471. The molecule has 1 aliphatic rings. The standard InChI is InChI=1S/C10H9ClN2O2/c1-15-10(14)8-6(12)4-5-2-3-7(11)13-9(5)8/h2-3H,4,12H2,1H3. The summed E-state index contributed by atoms with van der Waals surface area (Å²) in [5.41, 5.74) is 7.99. The summed E-state index contributed by atoms with van der Waals surface area (Å²) in [6, 6.07) is 3.49. The average Bonchev–Trinajstić information content (AvgIpc) is 2.52. The number of allylic oxidation sites excluding steroid dienone is 1. The van der Waals surface area contributed by atoms with Crippen LogP contribution in [0.4, 0.5) is 0 Å². The first-order valence-electron chi connectivity index (χ1n) is 4.36. The number of ether oxygens (including phenoxy) is 1. The molecule has 0 amide bonds. The Kier molecular flexibility index (Phi) is 2.36. The second kappa shape index (κ2) is 3.55. The van der Waals surface area contributed by atoms with Crippen LogP contribution in [0.2, 0.25) is 5.15 Å². The third-order valence-corrected chi connectivity index (χ3v) is 2.48. The minimum Gasteiger partial charge on any atom is -0.465 e. The number of fused-ring (bicyclic) bond motifs is 1. The minimum atomic E-state index is -0.471. The number of halogens is 1. The van der Waals surface area contributed by atoms with Gasteiger partial charge in [-0.1, -0.05) is 17.7 Å². The van der Waals surface area contributed by atoms with Crippen molar-refractivity contribution in [2.45, 2.75) is 6.42 Å². The van der Waals surface area contributed by atoms with E-state index in [4.69, 9.17) is 17.3 Å². The van der Waals surface area contributed by atoms with Gasteiger partial charge in [-0.3, -0.25) is 0 Å². The number of hydrogen-bond acceptors (Lipinski definition) is 4. The monoisotopic (exact) mass is 224 g/mol. The Morgan fingerprint density at radius 3 is 3.00 bits per heavy atom. The average molecular weight is 225 g/mol. The third kappa shape index (κ3) is 1.57. The highest BCUT2D eigenvalue weighted by Gasteiger charge is 2.27. The van der Waals surface area contributed by atoms with Gasteiger partial charge in [-0.15, -0.1) is 0 Å². The lowest BCUT2D eigenvalue weighted by Gasteiger charge is -2.03. The zero-order valence-corrected chi connectivity index (χ0v) is 8.84. The van der Waals surface area contributed by atoms with Crippen LogP contribution in [0.25, 0.3) is 5.57 Å². The highest BCUT2D eigenvalue weighted by molar-refractivity contribution is 6.29. The Labute approximate surface area is 91.7 Å². The predicted molar refractivity (Wildman–Crippen MR) is 56.1 cm³/mol. The molecule has 15 heavy (non-hydrogen) atoms. The lowest BCUT2D eigenvalue weighted by atomic mass is 10.2. The van der Waals surface area contributed by atoms with Gasteiger partial charge < -0.3 is 10.5 Å². The van der Waals surface area contributed by atoms with E-state index in [1.54, 1.807) is 6.07 Å². The molecule has 0 spiro atoms.